The fourth-order valence-corrected chi connectivity index (χ4v) is 5.28. The van der Waals surface area contributed by atoms with Gasteiger partial charge in [-0.15, -0.1) is 0 Å². The molecule has 1 aromatic heterocycles. The summed E-state index contributed by atoms with van der Waals surface area (Å²) in [7, 11) is -4.02. The highest BCUT2D eigenvalue weighted by atomic mass is 35.5. The lowest BCUT2D eigenvalue weighted by atomic mass is 10.2. The van der Waals surface area contributed by atoms with Crippen LogP contribution in [0.5, 0.6) is 0 Å². The van der Waals surface area contributed by atoms with Crippen LogP contribution in [0.3, 0.4) is 0 Å². The first-order valence-electron chi connectivity index (χ1n) is 10.6. The third-order valence-electron chi connectivity index (χ3n) is 5.85. The molecule has 7 nitrogen and oxygen atoms in total. The van der Waals surface area contributed by atoms with E-state index in [1.165, 1.54) is 48.5 Å². The number of oxazole rings is 1. The molecule has 33 heavy (non-hydrogen) atoms. The number of aromatic nitrogens is 1. The van der Waals surface area contributed by atoms with E-state index in [0.717, 1.165) is 12.8 Å². The van der Waals surface area contributed by atoms with Gasteiger partial charge >= 0.3 is 0 Å². The van der Waals surface area contributed by atoms with Gasteiger partial charge in [-0.2, -0.15) is 4.98 Å². The molecule has 2 aliphatic rings. The second-order valence-electron chi connectivity index (χ2n) is 8.18. The van der Waals surface area contributed by atoms with Crippen LogP contribution in [0.4, 0.5) is 10.3 Å². The van der Waals surface area contributed by atoms with Crippen molar-refractivity contribution in [2.24, 2.45) is 5.92 Å². The Morgan fingerprint density at radius 2 is 1.64 bits per heavy atom. The van der Waals surface area contributed by atoms with Crippen molar-refractivity contribution in [3.05, 3.63) is 59.4 Å². The third kappa shape index (κ3) is 4.35. The van der Waals surface area contributed by atoms with Gasteiger partial charge in [-0.25, -0.2) is 12.8 Å². The standard InChI is InChI=1S/C23H21ClFN3O4S/c24-17-5-9-19(10-6-17)33(30,31)21-23(32-20(26-21)15-3-7-18(25)8-4-15)28-13-11-27(12-14-28)22(29)16-1-2-16/h3-10,16H,1-2,11-14H2. The lowest BCUT2D eigenvalue weighted by molar-refractivity contribution is -0.132. The second kappa shape index (κ2) is 8.46. The number of benzene rings is 2. The lowest BCUT2D eigenvalue weighted by Crippen LogP contribution is -2.49. The quantitative estimate of drug-likeness (QED) is 0.538. The van der Waals surface area contributed by atoms with Crippen molar-refractivity contribution >= 4 is 33.2 Å². The van der Waals surface area contributed by atoms with Gasteiger partial charge in [-0.3, -0.25) is 4.79 Å². The van der Waals surface area contributed by atoms with E-state index >= 15 is 0 Å². The Morgan fingerprint density at radius 3 is 2.24 bits per heavy atom. The van der Waals surface area contributed by atoms with Crippen LogP contribution in [0.2, 0.25) is 5.02 Å². The zero-order valence-corrected chi connectivity index (χ0v) is 19.2. The van der Waals surface area contributed by atoms with Gasteiger partial charge in [0.05, 0.1) is 4.90 Å². The highest BCUT2D eigenvalue weighted by Gasteiger charge is 2.37. The van der Waals surface area contributed by atoms with Crippen LogP contribution in [-0.4, -0.2) is 50.4 Å². The number of amides is 1. The number of piperazine rings is 1. The number of sulfone groups is 1. The topological polar surface area (TPSA) is 83.7 Å². The number of carbonyl (C=O) groups excluding carboxylic acids is 1. The van der Waals surface area contributed by atoms with E-state index in [0.29, 0.717) is 36.8 Å². The molecular weight excluding hydrogens is 469 g/mol. The predicted octanol–water partition coefficient (Wildman–Crippen LogP) is 4.03. The Bertz CT molecular complexity index is 1280. The van der Waals surface area contributed by atoms with Gasteiger partial charge in [0.15, 0.2) is 0 Å². The van der Waals surface area contributed by atoms with Crippen molar-refractivity contribution in [2.75, 3.05) is 31.1 Å². The van der Waals surface area contributed by atoms with Gasteiger partial charge in [-0.1, -0.05) is 11.6 Å². The molecule has 2 fully saturated rings. The molecular formula is C23H21ClFN3O4S. The maximum absolute atomic E-state index is 13.5. The number of anilines is 1. The van der Waals surface area contributed by atoms with Crippen molar-refractivity contribution < 1.29 is 22.0 Å². The molecule has 1 amide bonds. The van der Waals surface area contributed by atoms with Crippen LogP contribution < -0.4 is 4.90 Å². The van der Waals surface area contributed by atoms with Gasteiger partial charge in [0.2, 0.25) is 32.5 Å². The largest absolute Gasteiger partial charge is 0.419 e. The molecule has 1 saturated carbocycles. The fourth-order valence-electron chi connectivity index (χ4n) is 3.83. The molecule has 0 bridgehead atoms. The summed E-state index contributed by atoms with van der Waals surface area (Å²) in [4.78, 5) is 20.4. The minimum absolute atomic E-state index is 0.0367. The second-order valence-corrected chi connectivity index (χ2v) is 10.5. The molecule has 0 atom stereocenters. The molecule has 0 N–H and O–H groups in total. The van der Waals surface area contributed by atoms with Gasteiger partial charge in [0, 0.05) is 42.7 Å². The first-order chi connectivity index (χ1) is 15.8. The van der Waals surface area contributed by atoms with Gasteiger partial charge in [0.25, 0.3) is 0 Å². The van der Waals surface area contributed by atoms with E-state index in [1.807, 2.05) is 4.90 Å². The molecule has 1 aliphatic carbocycles. The van der Waals surface area contributed by atoms with Crippen LogP contribution in [0.1, 0.15) is 12.8 Å². The third-order valence-corrected chi connectivity index (χ3v) is 7.77. The molecule has 10 heteroatoms. The van der Waals surface area contributed by atoms with Gasteiger partial charge < -0.3 is 14.2 Å². The van der Waals surface area contributed by atoms with Gasteiger partial charge in [0.1, 0.15) is 5.82 Å². The van der Waals surface area contributed by atoms with E-state index in [4.69, 9.17) is 16.0 Å². The average Bonchev–Trinajstić information content (AvgIpc) is 3.57. The molecule has 1 aliphatic heterocycles. The SMILES string of the molecule is O=C(C1CC1)N1CCN(c2oc(-c3ccc(F)cc3)nc2S(=O)(=O)c2ccc(Cl)cc2)CC1. The molecule has 0 radical (unpaired) electrons. The summed E-state index contributed by atoms with van der Waals surface area (Å²) in [5.41, 5.74) is 0.456. The summed E-state index contributed by atoms with van der Waals surface area (Å²) in [6, 6.07) is 11.3. The van der Waals surface area contributed by atoms with Crippen LogP contribution in [0.15, 0.2) is 62.9 Å². The molecule has 2 heterocycles. The Balaban J connectivity index is 1.51. The number of rotatable bonds is 5. The zero-order valence-electron chi connectivity index (χ0n) is 17.6. The number of hydrogen-bond acceptors (Lipinski definition) is 6. The monoisotopic (exact) mass is 489 g/mol. The molecule has 5 rings (SSSR count). The van der Waals surface area contributed by atoms with Crippen LogP contribution in [0.25, 0.3) is 11.5 Å². The summed E-state index contributed by atoms with van der Waals surface area (Å²) in [5, 5.41) is 0.198. The number of hydrogen-bond donors (Lipinski definition) is 0. The molecule has 1 saturated heterocycles. The Morgan fingerprint density at radius 1 is 1.00 bits per heavy atom. The number of halogens is 2. The summed E-state index contributed by atoms with van der Waals surface area (Å²) in [5.74, 6) is 0.0637. The molecule has 3 aromatic rings. The molecule has 0 unspecified atom stereocenters. The Hall–Kier alpha value is -2.91. The Labute approximate surface area is 195 Å². The minimum atomic E-state index is -4.02. The van der Waals surface area contributed by atoms with E-state index in [9.17, 15) is 17.6 Å². The lowest BCUT2D eigenvalue weighted by Gasteiger charge is -2.34. The minimum Gasteiger partial charge on any atom is -0.419 e. The maximum Gasteiger partial charge on any atom is 0.236 e. The van der Waals surface area contributed by atoms with Crippen molar-refractivity contribution in [2.45, 2.75) is 22.8 Å². The van der Waals surface area contributed by atoms with Gasteiger partial charge in [-0.05, 0) is 61.4 Å². The summed E-state index contributed by atoms with van der Waals surface area (Å²) in [6.45, 7) is 1.78. The van der Waals surface area contributed by atoms with Crippen molar-refractivity contribution in [1.82, 2.24) is 9.88 Å². The summed E-state index contributed by atoms with van der Waals surface area (Å²) in [6.07, 6.45) is 1.87. The van der Waals surface area contributed by atoms with Crippen LogP contribution in [-0.2, 0) is 14.6 Å². The summed E-state index contributed by atoms with van der Waals surface area (Å²) < 4.78 is 46.3. The maximum atomic E-state index is 13.5. The smallest absolute Gasteiger partial charge is 0.236 e. The van der Waals surface area contributed by atoms with Crippen molar-refractivity contribution in [3.63, 3.8) is 0 Å². The highest BCUT2D eigenvalue weighted by Crippen LogP contribution is 2.36. The Kier molecular flexibility index (Phi) is 5.62. The van der Waals surface area contributed by atoms with E-state index in [-0.39, 0.29) is 33.5 Å². The number of carbonyl (C=O) groups is 1. The van der Waals surface area contributed by atoms with Crippen LogP contribution in [0, 0.1) is 11.7 Å². The highest BCUT2D eigenvalue weighted by molar-refractivity contribution is 7.91. The molecule has 172 valence electrons. The van der Waals surface area contributed by atoms with Crippen molar-refractivity contribution in [3.8, 4) is 11.5 Å². The van der Waals surface area contributed by atoms with E-state index < -0.39 is 15.7 Å². The van der Waals surface area contributed by atoms with Crippen molar-refractivity contribution in [1.29, 1.82) is 0 Å². The normalized spacial score (nSPS) is 16.8. The van der Waals surface area contributed by atoms with Crippen LogP contribution >= 0.6 is 11.6 Å². The van der Waals surface area contributed by atoms with E-state index in [2.05, 4.69) is 4.98 Å². The first-order valence-corrected chi connectivity index (χ1v) is 12.5. The van der Waals surface area contributed by atoms with E-state index in [1.54, 1.807) is 4.90 Å². The molecule has 0 spiro atoms. The predicted molar refractivity (Wildman–Crippen MR) is 120 cm³/mol. The first kappa shape index (κ1) is 21.9. The zero-order chi connectivity index (χ0) is 23.2. The average molecular weight is 490 g/mol. The number of nitrogens with zero attached hydrogens (tertiary/aromatic N) is 3. The molecule has 2 aromatic carbocycles. The summed E-state index contributed by atoms with van der Waals surface area (Å²) >= 11 is 5.92. The fraction of sp³-hybridized carbons (Fsp3) is 0.304.